The number of hydrogen-bond donors (Lipinski definition) is 3. The molecular weight excluding hydrogens is 443 g/mol. The van der Waals surface area contributed by atoms with E-state index in [1.807, 2.05) is 18.2 Å². The third-order valence-electron chi connectivity index (χ3n) is 6.55. The van der Waals surface area contributed by atoms with Crippen molar-refractivity contribution in [3.05, 3.63) is 59.7 Å². The molecule has 1 fully saturated rings. The Morgan fingerprint density at radius 1 is 1.12 bits per heavy atom. The number of aromatic nitrogens is 2. The number of alkyl halides is 3. The molecule has 34 heavy (non-hydrogen) atoms. The van der Waals surface area contributed by atoms with E-state index < -0.39 is 17.6 Å². The number of nitrogens with two attached hydrogens (primary N) is 1. The summed E-state index contributed by atoms with van der Waals surface area (Å²) in [5.74, 6) is -0.681. The predicted molar refractivity (Wildman–Crippen MR) is 127 cm³/mol. The first-order valence-corrected chi connectivity index (χ1v) is 11.1. The quantitative estimate of drug-likeness (QED) is 0.407. The lowest BCUT2D eigenvalue weighted by Gasteiger charge is -2.33. The van der Waals surface area contributed by atoms with Crippen molar-refractivity contribution >= 4 is 33.5 Å². The van der Waals surface area contributed by atoms with Crippen molar-refractivity contribution in [1.29, 1.82) is 0 Å². The number of amides is 1. The maximum absolute atomic E-state index is 13.2. The van der Waals surface area contributed by atoms with Gasteiger partial charge in [0.2, 0.25) is 0 Å². The molecule has 176 valence electrons. The second kappa shape index (κ2) is 8.32. The minimum atomic E-state index is -4.48. The van der Waals surface area contributed by atoms with Gasteiger partial charge >= 0.3 is 6.18 Å². The molecule has 1 saturated heterocycles. The average molecular weight is 467 g/mol. The number of rotatable bonds is 4. The molecule has 0 aliphatic carbocycles. The maximum atomic E-state index is 13.2. The van der Waals surface area contributed by atoms with Crippen LogP contribution >= 0.6 is 0 Å². The number of nitrogens with zero attached hydrogens (tertiary/aromatic N) is 2. The molecule has 0 saturated carbocycles. The Hall–Kier alpha value is -3.59. The van der Waals surface area contributed by atoms with E-state index in [0.29, 0.717) is 17.1 Å². The maximum Gasteiger partial charge on any atom is 0.416 e. The number of halogens is 3. The molecular formula is C25H24F3N5O. The molecule has 0 unspecified atom stereocenters. The van der Waals surface area contributed by atoms with E-state index in [9.17, 15) is 18.0 Å². The van der Waals surface area contributed by atoms with Crippen LogP contribution in [0.25, 0.3) is 33.2 Å². The first-order valence-electron chi connectivity index (χ1n) is 11.1. The van der Waals surface area contributed by atoms with E-state index in [1.54, 1.807) is 0 Å². The van der Waals surface area contributed by atoms with Crippen molar-refractivity contribution in [2.24, 2.45) is 5.73 Å². The number of carbonyl (C=O) groups excluding carboxylic acids is 1. The van der Waals surface area contributed by atoms with E-state index in [4.69, 9.17) is 5.73 Å². The predicted octanol–water partition coefficient (Wildman–Crippen LogP) is 4.69. The molecule has 5 rings (SSSR count). The Morgan fingerprint density at radius 2 is 1.88 bits per heavy atom. The molecule has 2 aromatic carbocycles. The lowest BCUT2D eigenvalue weighted by Crippen LogP contribution is -2.41. The van der Waals surface area contributed by atoms with Crippen molar-refractivity contribution in [3.8, 4) is 11.3 Å². The van der Waals surface area contributed by atoms with Gasteiger partial charge in [-0.3, -0.25) is 4.79 Å². The summed E-state index contributed by atoms with van der Waals surface area (Å²) in [7, 11) is 2.07. The molecule has 9 heteroatoms. The summed E-state index contributed by atoms with van der Waals surface area (Å²) in [4.78, 5) is 22.4. The highest BCUT2D eigenvalue weighted by atomic mass is 19.4. The Morgan fingerprint density at radius 3 is 2.59 bits per heavy atom. The van der Waals surface area contributed by atoms with Gasteiger partial charge in [-0.1, -0.05) is 12.1 Å². The number of H-pyrrole nitrogens is 1. The lowest BCUT2D eigenvalue weighted by molar-refractivity contribution is -0.137. The Bertz CT molecular complexity index is 1390. The summed E-state index contributed by atoms with van der Waals surface area (Å²) in [5.41, 5.74) is 8.34. The molecule has 0 bridgehead atoms. The Labute approximate surface area is 194 Å². The fourth-order valence-corrected chi connectivity index (χ4v) is 4.66. The smallest absolute Gasteiger partial charge is 0.371 e. The number of piperidine rings is 1. The molecule has 0 atom stereocenters. The number of primary amides is 1. The summed E-state index contributed by atoms with van der Waals surface area (Å²) in [6.07, 6.45) is -2.38. The van der Waals surface area contributed by atoms with Gasteiger partial charge in [0.25, 0.3) is 5.91 Å². The number of carbonyl (C=O) groups is 1. The van der Waals surface area contributed by atoms with Crippen LogP contribution in [0.4, 0.5) is 18.9 Å². The van der Waals surface area contributed by atoms with E-state index >= 15 is 0 Å². The van der Waals surface area contributed by atoms with Crippen LogP contribution in [-0.4, -0.2) is 42.1 Å². The summed E-state index contributed by atoms with van der Waals surface area (Å²) in [6.45, 7) is 1.96. The summed E-state index contributed by atoms with van der Waals surface area (Å²) in [5, 5.41) is 4.14. The minimum Gasteiger partial charge on any atom is -0.371 e. The zero-order chi connectivity index (χ0) is 24.0. The molecule has 0 spiro atoms. The van der Waals surface area contributed by atoms with Crippen molar-refractivity contribution in [2.75, 3.05) is 25.0 Å². The molecule has 4 aromatic rings. The van der Waals surface area contributed by atoms with Crippen LogP contribution in [0.15, 0.2) is 48.5 Å². The number of anilines is 1. The zero-order valence-electron chi connectivity index (χ0n) is 18.5. The van der Waals surface area contributed by atoms with Crippen LogP contribution in [0, 0.1) is 0 Å². The van der Waals surface area contributed by atoms with Gasteiger partial charge in [0.1, 0.15) is 0 Å². The average Bonchev–Trinajstić information content (AvgIpc) is 3.20. The highest BCUT2D eigenvalue weighted by molar-refractivity contribution is 6.14. The number of pyridine rings is 1. The first kappa shape index (κ1) is 22.2. The van der Waals surface area contributed by atoms with Crippen LogP contribution in [0.5, 0.6) is 0 Å². The van der Waals surface area contributed by atoms with Gasteiger partial charge in [0.15, 0.2) is 0 Å². The largest absolute Gasteiger partial charge is 0.416 e. The summed E-state index contributed by atoms with van der Waals surface area (Å²) < 4.78 is 39.7. The molecule has 1 amide bonds. The Balaban J connectivity index is 1.63. The molecule has 1 aliphatic heterocycles. The molecule has 4 N–H and O–H groups in total. The van der Waals surface area contributed by atoms with E-state index in [-0.39, 0.29) is 16.8 Å². The second-order valence-corrected chi connectivity index (χ2v) is 8.67. The Kier molecular flexibility index (Phi) is 5.44. The third kappa shape index (κ3) is 3.96. The van der Waals surface area contributed by atoms with Gasteiger partial charge in [-0.25, -0.2) is 4.98 Å². The fraction of sp³-hybridized carbons (Fsp3) is 0.280. The van der Waals surface area contributed by atoms with Crippen LogP contribution in [-0.2, 0) is 6.18 Å². The van der Waals surface area contributed by atoms with Gasteiger partial charge in [-0.2, -0.15) is 13.2 Å². The fourth-order valence-electron chi connectivity index (χ4n) is 4.66. The van der Waals surface area contributed by atoms with Gasteiger partial charge in [-0.15, -0.1) is 0 Å². The van der Waals surface area contributed by atoms with Crippen LogP contribution in [0.3, 0.4) is 0 Å². The number of fused-ring (bicyclic) bond motifs is 3. The van der Waals surface area contributed by atoms with Gasteiger partial charge < -0.3 is 20.9 Å². The van der Waals surface area contributed by atoms with E-state index in [0.717, 1.165) is 54.7 Å². The van der Waals surface area contributed by atoms with Gasteiger partial charge in [0, 0.05) is 29.7 Å². The second-order valence-electron chi connectivity index (χ2n) is 8.67. The normalized spacial score (nSPS) is 15.2. The lowest BCUT2D eigenvalue weighted by atomic mass is 10.0. The standard InChI is InChI=1S/C25H24F3N5O/c1-33(16-7-9-30-10-8-16)17-5-6-18-21(12-17)32-23-19(24(29)34)13-20(31-22(18)23)14-3-2-4-15(11-14)25(26,27)28/h2-6,11-13,16,30,32H,7-10H2,1H3,(H2,29,34). The first-order chi connectivity index (χ1) is 16.2. The van der Waals surface area contributed by atoms with Crippen molar-refractivity contribution in [3.63, 3.8) is 0 Å². The highest BCUT2D eigenvalue weighted by Crippen LogP contribution is 2.35. The summed E-state index contributed by atoms with van der Waals surface area (Å²) in [6, 6.07) is 12.7. The number of aromatic amines is 1. The van der Waals surface area contributed by atoms with E-state index in [1.165, 1.54) is 18.2 Å². The monoisotopic (exact) mass is 467 g/mol. The molecule has 3 heterocycles. The number of nitrogens with one attached hydrogen (secondary N) is 2. The van der Waals surface area contributed by atoms with Crippen LogP contribution in [0.2, 0.25) is 0 Å². The highest BCUT2D eigenvalue weighted by Gasteiger charge is 2.30. The van der Waals surface area contributed by atoms with Crippen molar-refractivity contribution in [2.45, 2.75) is 25.1 Å². The van der Waals surface area contributed by atoms with Gasteiger partial charge in [-0.05, 0) is 62.3 Å². The zero-order valence-corrected chi connectivity index (χ0v) is 18.5. The molecule has 6 nitrogen and oxygen atoms in total. The van der Waals surface area contributed by atoms with Crippen molar-refractivity contribution < 1.29 is 18.0 Å². The molecule has 1 aliphatic rings. The van der Waals surface area contributed by atoms with Crippen molar-refractivity contribution in [1.82, 2.24) is 15.3 Å². The SMILES string of the molecule is CN(c1ccc2c(c1)[nH]c1c(C(N)=O)cc(-c3cccc(C(F)(F)F)c3)nc12)C1CCNCC1. The van der Waals surface area contributed by atoms with Gasteiger partial charge in [0.05, 0.1) is 33.4 Å². The minimum absolute atomic E-state index is 0.182. The topological polar surface area (TPSA) is 87.0 Å². The third-order valence-corrected chi connectivity index (χ3v) is 6.55. The molecule has 0 radical (unpaired) electrons. The number of hydrogen-bond acceptors (Lipinski definition) is 4. The number of benzene rings is 2. The molecule has 2 aromatic heterocycles. The van der Waals surface area contributed by atoms with Crippen LogP contribution in [0.1, 0.15) is 28.8 Å². The summed E-state index contributed by atoms with van der Waals surface area (Å²) >= 11 is 0. The van der Waals surface area contributed by atoms with E-state index in [2.05, 4.69) is 27.2 Å². The van der Waals surface area contributed by atoms with Crippen LogP contribution < -0.4 is 16.0 Å².